The molecule has 2 heterocycles. The van der Waals surface area contributed by atoms with Crippen molar-refractivity contribution in [1.82, 2.24) is 15.2 Å². The predicted octanol–water partition coefficient (Wildman–Crippen LogP) is 2.32. The highest BCUT2D eigenvalue weighted by atomic mass is 32.1. The summed E-state index contributed by atoms with van der Waals surface area (Å²) in [7, 11) is 0. The fourth-order valence-electron chi connectivity index (χ4n) is 2.79. The summed E-state index contributed by atoms with van der Waals surface area (Å²) in [6.07, 6.45) is 4.29. The zero-order chi connectivity index (χ0) is 15.3. The number of hydrogen-bond acceptors (Lipinski definition) is 4. The second-order valence-electron chi connectivity index (χ2n) is 5.41. The number of thiazole rings is 1. The number of aromatic nitrogens is 1. The van der Waals surface area contributed by atoms with Crippen LogP contribution in [0, 0.1) is 5.41 Å². The summed E-state index contributed by atoms with van der Waals surface area (Å²) in [5.41, 5.74) is -0.652. The number of carbonyl (C=O) groups is 2. The normalized spacial score (nSPS) is 17.5. The number of carbonyl (C=O) groups excluding carboxylic acids is 1. The molecular formula is C14H21N3O3S. The van der Waals surface area contributed by atoms with Gasteiger partial charge in [0.25, 0.3) is 0 Å². The van der Waals surface area contributed by atoms with Gasteiger partial charge in [-0.15, -0.1) is 11.3 Å². The number of likely N-dealkylation sites (tertiary alicyclic amines) is 1. The van der Waals surface area contributed by atoms with Gasteiger partial charge in [-0.1, -0.05) is 13.3 Å². The van der Waals surface area contributed by atoms with Crippen LogP contribution < -0.4 is 5.32 Å². The van der Waals surface area contributed by atoms with Crippen molar-refractivity contribution in [3.8, 4) is 0 Å². The fourth-order valence-corrected chi connectivity index (χ4v) is 3.35. The van der Waals surface area contributed by atoms with Crippen molar-refractivity contribution in [2.75, 3.05) is 13.1 Å². The van der Waals surface area contributed by atoms with Crippen LogP contribution >= 0.6 is 11.3 Å². The lowest BCUT2D eigenvalue weighted by atomic mass is 9.75. The van der Waals surface area contributed by atoms with Gasteiger partial charge in [0.2, 0.25) is 0 Å². The molecular weight excluding hydrogens is 290 g/mol. The van der Waals surface area contributed by atoms with Gasteiger partial charge in [0, 0.05) is 24.7 Å². The molecule has 7 heteroatoms. The minimum Gasteiger partial charge on any atom is -0.481 e. The van der Waals surface area contributed by atoms with Crippen LogP contribution in [0.25, 0.3) is 0 Å². The van der Waals surface area contributed by atoms with E-state index in [-0.39, 0.29) is 6.03 Å². The van der Waals surface area contributed by atoms with Crippen LogP contribution in [0.4, 0.5) is 4.79 Å². The van der Waals surface area contributed by atoms with E-state index in [0.29, 0.717) is 38.9 Å². The largest absolute Gasteiger partial charge is 0.481 e. The number of carboxylic acid groups (broad SMARTS) is 1. The van der Waals surface area contributed by atoms with Crippen molar-refractivity contribution >= 4 is 23.3 Å². The molecule has 21 heavy (non-hydrogen) atoms. The number of urea groups is 1. The molecule has 2 N–H and O–H groups in total. The number of rotatable bonds is 5. The van der Waals surface area contributed by atoms with Gasteiger partial charge in [-0.3, -0.25) is 4.79 Å². The topological polar surface area (TPSA) is 82.5 Å². The van der Waals surface area contributed by atoms with Gasteiger partial charge in [0.05, 0.1) is 12.0 Å². The summed E-state index contributed by atoms with van der Waals surface area (Å²) in [5, 5.41) is 15.0. The number of aliphatic carboxylic acids is 1. The van der Waals surface area contributed by atoms with E-state index in [0.717, 1.165) is 11.4 Å². The van der Waals surface area contributed by atoms with E-state index < -0.39 is 11.4 Å². The molecule has 0 radical (unpaired) electrons. The third-order valence-corrected chi connectivity index (χ3v) is 4.84. The number of nitrogens with one attached hydrogen (secondary N) is 1. The molecule has 0 saturated carbocycles. The fraction of sp³-hybridized carbons (Fsp3) is 0.643. The maximum Gasteiger partial charge on any atom is 0.317 e. The Balaban J connectivity index is 1.85. The zero-order valence-electron chi connectivity index (χ0n) is 12.2. The average Bonchev–Trinajstić information content (AvgIpc) is 2.99. The van der Waals surface area contributed by atoms with Crippen LogP contribution in [0.1, 0.15) is 37.6 Å². The molecule has 2 rings (SSSR count). The summed E-state index contributed by atoms with van der Waals surface area (Å²) in [5.74, 6) is -0.729. The Morgan fingerprint density at radius 3 is 2.71 bits per heavy atom. The van der Waals surface area contributed by atoms with E-state index >= 15 is 0 Å². The second kappa shape index (κ2) is 6.89. The van der Waals surface area contributed by atoms with Gasteiger partial charge in [-0.2, -0.15) is 0 Å². The Bertz CT molecular complexity index is 482. The minimum absolute atomic E-state index is 0.138. The monoisotopic (exact) mass is 311 g/mol. The molecule has 0 bridgehead atoms. The number of piperidine rings is 1. The molecule has 0 aliphatic carbocycles. The van der Waals surface area contributed by atoms with Crippen LogP contribution in [0.2, 0.25) is 0 Å². The molecule has 116 valence electrons. The van der Waals surface area contributed by atoms with Crippen LogP contribution in [0.15, 0.2) is 11.6 Å². The number of nitrogens with zero attached hydrogens (tertiary/aromatic N) is 2. The van der Waals surface area contributed by atoms with Gasteiger partial charge < -0.3 is 15.3 Å². The van der Waals surface area contributed by atoms with E-state index in [2.05, 4.69) is 10.3 Å². The molecule has 1 aromatic rings. The highest BCUT2D eigenvalue weighted by molar-refractivity contribution is 7.09. The maximum atomic E-state index is 12.1. The summed E-state index contributed by atoms with van der Waals surface area (Å²) in [6, 6.07) is -0.138. The van der Waals surface area contributed by atoms with Crippen molar-refractivity contribution in [3.63, 3.8) is 0 Å². The molecule has 1 aliphatic rings. The van der Waals surface area contributed by atoms with Crippen molar-refractivity contribution in [3.05, 3.63) is 16.6 Å². The van der Waals surface area contributed by atoms with Crippen molar-refractivity contribution in [2.45, 2.75) is 39.2 Å². The predicted molar refractivity (Wildman–Crippen MR) is 80.1 cm³/mol. The third-order valence-electron chi connectivity index (χ3n) is 4.06. The molecule has 0 unspecified atom stereocenters. The lowest BCUT2D eigenvalue weighted by Gasteiger charge is -2.38. The summed E-state index contributed by atoms with van der Waals surface area (Å²) in [6.45, 7) is 3.41. The number of carboxylic acids is 1. The van der Waals surface area contributed by atoms with Gasteiger partial charge >= 0.3 is 12.0 Å². The first-order valence-corrected chi connectivity index (χ1v) is 8.10. The lowest BCUT2D eigenvalue weighted by molar-refractivity contribution is -0.152. The van der Waals surface area contributed by atoms with E-state index in [9.17, 15) is 14.7 Å². The highest BCUT2D eigenvalue weighted by Gasteiger charge is 2.41. The highest BCUT2D eigenvalue weighted by Crippen LogP contribution is 2.36. The Kier molecular flexibility index (Phi) is 5.17. The molecule has 1 aromatic heterocycles. The van der Waals surface area contributed by atoms with Crippen LogP contribution in [-0.2, 0) is 11.3 Å². The van der Waals surface area contributed by atoms with Crippen molar-refractivity contribution in [1.29, 1.82) is 0 Å². The first-order chi connectivity index (χ1) is 10.1. The Morgan fingerprint density at radius 1 is 1.48 bits per heavy atom. The van der Waals surface area contributed by atoms with E-state index in [1.807, 2.05) is 12.3 Å². The first-order valence-electron chi connectivity index (χ1n) is 7.22. The molecule has 0 aromatic carbocycles. The quantitative estimate of drug-likeness (QED) is 0.874. The third kappa shape index (κ3) is 3.72. The Morgan fingerprint density at radius 2 is 2.19 bits per heavy atom. The zero-order valence-corrected chi connectivity index (χ0v) is 13.0. The lowest BCUT2D eigenvalue weighted by Crippen LogP contribution is -2.49. The molecule has 0 atom stereocenters. The maximum absolute atomic E-state index is 12.1. The van der Waals surface area contributed by atoms with Crippen molar-refractivity contribution in [2.24, 2.45) is 5.41 Å². The minimum atomic E-state index is -0.729. The molecule has 0 spiro atoms. The van der Waals surface area contributed by atoms with E-state index in [1.54, 1.807) is 11.1 Å². The molecule has 6 nitrogen and oxygen atoms in total. The van der Waals surface area contributed by atoms with E-state index in [1.165, 1.54) is 11.3 Å². The number of amides is 2. The number of hydrogen-bond donors (Lipinski definition) is 2. The van der Waals surface area contributed by atoms with E-state index in [4.69, 9.17) is 0 Å². The second-order valence-corrected chi connectivity index (χ2v) is 6.39. The van der Waals surface area contributed by atoms with Crippen LogP contribution in [0.3, 0.4) is 0 Å². The van der Waals surface area contributed by atoms with Gasteiger partial charge in [0.1, 0.15) is 5.01 Å². The Hall–Kier alpha value is -1.63. The average molecular weight is 311 g/mol. The van der Waals surface area contributed by atoms with Gasteiger partial charge in [-0.05, 0) is 19.3 Å². The Labute approximate surface area is 128 Å². The van der Waals surface area contributed by atoms with Crippen LogP contribution in [0.5, 0.6) is 0 Å². The molecule has 1 saturated heterocycles. The van der Waals surface area contributed by atoms with Crippen molar-refractivity contribution < 1.29 is 14.7 Å². The van der Waals surface area contributed by atoms with Gasteiger partial charge in [-0.25, -0.2) is 9.78 Å². The molecule has 1 fully saturated rings. The SMILES string of the molecule is CCCC1(C(=O)O)CCN(C(=O)NCc2nccs2)CC1. The smallest absolute Gasteiger partial charge is 0.317 e. The summed E-state index contributed by atoms with van der Waals surface area (Å²) in [4.78, 5) is 29.4. The van der Waals surface area contributed by atoms with Gasteiger partial charge in [0.15, 0.2) is 0 Å². The summed E-state index contributed by atoms with van der Waals surface area (Å²) >= 11 is 1.50. The molecule has 2 amide bonds. The summed E-state index contributed by atoms with van der Waals surface area (Å²) < 4.78 is 0. The molecule has 1 aliphatic heterocycles. The van der Waals surface area contributed by atoms with Crippen LogP contribution in [-0.4, -0.2) is 40.1 Å². The first kappa shape index (κ1) is 15.8. The standard InChI is InChI=1S/C14H21N3O3S/c1-2-3-14(12(18)19)4-7-17(8-5-14)13(20)16-10-11-15-6-9-21-11/h6,9H,2-5,7-8,10H2,1H3,(H,16,20)(H,18,19).